The van der Waals surface area contributed by atoms with Gasteiger partial charge in [-0.1, -0.05) is 20.8 Å². The summed E-state index contributed by atoms with van der Waals surface area (Å²) in [6.07, 6.45) is 0. The summed E-state index contributed by atoms with van der Waals surface area (Å²) in [6.45, 7) is 12.6. The monoisotopic (exact) mass is 213 g/mol. The molecule has 0 bridgehead atoms. The third-order valence-corrected chi connectivity index (χ3v) is 3.78. The predicted molar refractivity (Wildman–Crippen MR) is 60.9 cm³/mol. The summed E-state index contributed by atoms with van der Waals surface area (Å²) in [7, 11) is 0. The summed E-state index contributed by atoms with van der Waals surface area (Å²) in [5, 5.41) is 0. The van der Waals surface area contributed by atoms with Crippen LogP contribution in [0.3, 0.4) is 0 Å². The molecule has 3 heteroatoms. The summed E-state index contributed by atoms with van der Waals surface area (Å²) >= 11 is 0. The number of Topliss-reactive ketones (excluding diaryl/α,β-unsaturated/α-hetero) is 1. The van der Waals surface area contributed by atoms with Gasteiger partial charge in [0.25, 0.3) is 0 Å². The molecule has 0 radical (unpaired) electrons. The Balaban J connectivity index is 2.46. The van der Waals surface area contributed by atoms with Crippen molar-refractivity contribution in [1.82, 2.24) is 4.90 Å². The van der Waals surface area contributed by atoms with Gasteiger partial charge in [0.15, 0.2) is 0 Å². The fourth-order valence-corrected chi connectivity index (χ4v) is 1.75. The lowest BCUT2D eigenvalue weighted by molar-refractivity contribution is -0.127. The standard InChI is InChI=1S/C12H23NO2/c1-10(12(3,4)11(2)14)9-13-5-7-15-8-6-13/h10H,5-9H2,1-4H3. The van der Waals surface area contributed by atoms with Gasteiger partial charge in [-0.05, 0) is 12.8 Å². The van der Waals surface area contributed by atoms with Crippen molar-refractivity contribution in [3.8, 4) is 0 Å². The first-order chi connectivity index (χ1) is 6.94. The molecule has 0 spiro atoms. The van der Waals surface area contributed by atoms with Crippen LogP contribution in [0.1, 0.15) is 27.7 Å². The lowest BCUT2D eigenvalue weighted by Gasteiger charge is -2.35. The van der Waals surface area contributed by atoms with Crippen LogP contribution in [0, 0.1) is 11.3 Å². The number of hydrogen-bond donors (Lipinski definition) is 0. The number of morpholine rings is 1. The average Bonchev–Trinajstić information content (AvgIpc) is 2.18. The second kappa shape index (κ2) is 5.08. The number of carbonyl (C=O) groups is 1. The van der Waals surface area contributed by atoms with Crippen molar-refractivity contribution in [3.05, 3.63) is 0 Å². The zero-order valence-corrected chi connectivity index (χ0v) is 10.4. The third-order valence-electron chi connectivity index (χ3n) is 3.78. The Labute approximate surface area is 92.8 Å². The van der Waals surface area contributed by atoms with Crippen molar-refractivity contribution < 1.29 is 9.53 Å². The van der Waals surface area contributed by atoms with E-state index < -0.39 is 0 Å². The Bertz CT molecular complexity index is 220. The van der Waals surface area contributed by atoms with Gasteiger partial charge in [-0.15, -0.1) is 0 Å². The lowest BCUT2D eigenvalue weighted by atomic mass is 9.76. The fourth-order valence-electron chi connectivity index (χ4n) is 1.75. The summed E-state index contributed by atoms with van der Waals surface area (Å²) in [4.78, 5) is 13.9. The minimum atomic E-state index is -0.210. The van der Waals surface area contributed by atoms with Crippen LogP contribution >= 0.6 is 0 Å². The molecule has 3 nitrogen and oxygen atoms in total. The minimum Gasteiger partial charge on any atom is -0.379 e. The molecule has 0 N–H and O–H groups in total. The van der Waals surface area contributed by atoms with Crippen molar-refractivity contribution in [2.45, 2.75) is 27.7 Å². The van der Waals surface area contributed by atoms with Crippen molar-refractivity contribution in [3.63, 3.8) is 0 Å². The van der Waals surface area contributed by atoms with Gasteiger partial charge in [0, 0.05) is 25.0 Å². The summed E-state index contributed by atoms with van der Waals surface area (Å²) < 4.78 is 5.31. The van der Waals surface area contributed by atoms with Gasteiger partial charge in [-0.2, -0.15) is 0 Å². The van der Waals surface area contributed by atoms with E-state index in [1.165, 1.54) is 0 Å². The van der Waals surface area contributed by atoms with Crippen LogP contribution in [0.5, 0.6) is 0 Å². The molecule has 0 saturated carbocycles. The lowest BCUT2D eigenvalue weighted by Crippen LogP contribution is -2.43. The van der Waals surface area contributed by atoms with Gasteiger partial charge in [-0.3, -0.25) is 9.69 Å². The van der Waals surface area contributed by atoms with Crippen molar-refractivity contribution in [2.24, 2.45) is 11.3 Å². The summed E-state index contributed by atoms with van der Waals surface area (Å²) in [6, 6.07) is 0. The first-order valence-corrected chi connectivity index (χ1v) is 5.75. The van der Waals surface area contributed by atoms with E-state index in [4.69, 9.17) is 4.74 Å². The smallest absolute Gasteiger partial charge is 0.135 e. The van der Waals surface area contributed by atoms with Gasteiger partial charge in [-0.25, -0.2) is 0 Å². The second-order valence-electron chi connectivity index (χ2n) is 5.09. The highest BCUT2D eigenvalue weighted by Gasteiger charge is 2.31. The van der Waals surface area contributed by atoms with Crippen LogP contribution < -0.4 is 0 Å². The van der Waals surface area contributed by atoms with Gasteiger partial charge < -0.3 is 4.74 Å². The van der Waals surface area contributed by atoms with Gasteiger partial charge in [0.05, 0.1) is 13.2 Å². The molecule has 15 heavy (non-hydrogen) atoms. The normalized spacial score (nSPS) is 21.3. The molecule has 1 saturated heterocycles. The van der Waals surface area contributed by atoms with Crippen molar-refractivity contribution in [2.75, 3.05) is 32.8 Å². The van der Waals surface area contributed by atoms with Crippen molar-refractivity contribution >= 4 is 5.78 Å². The molecule has 0 amide bonds. The first-order valence-electron chi connectivity index (χ1n) is 5.75. The van der Waals surface area contributed by atoms with Crippen LogP contribution in [0.25, 0.3) is 0 Å². The Morgan fingerprint density at radius 2 is 1.93 bits per heavy atom. The molecule has 1 aliphatic heterocycles. The second-order valence-corrected chi connectivity index (χ2v) is 5.09. The highest BCUT2D eigenvalue weighted by Crippen LogP contribution is 2.28. The molecule has 88 valence electrons. The van der Waals surface area contributed by atoms with Crippen LogP contribution in [0.2, 0.25) is 0 Å². The molecule has 0 aromatic heterocycles. The highest BCUT2D eigenvalue weighted by atomic mass is 16.5. The van der Waals surface area contributed by atoms with Crippen LogP contribution in [0.4, 0.5) is 0 Å². The molecular formula is C12H23NO2. The van der Waals surface area contributed by atoms with E-state index in [0.29, 0.717) is 5.92 Å². The molecule has 0 aliphatic carbocycles. The van der Waals surface area contributed by atoms with E-state index in [9.17, 15) is 4.79 Å². The molecule has 1 fully saturated rings. The Kier molecular flexibility index (Phi) is 4.29. The summed E-state index contributed by atoms with van der Waals surface area (Å²) in [5.41, 5.74) is -0.210. The fraction of sp³-hybridized carbons (Fsp3) is 0.917. The minimum absolute atomic E-state index is 0.210. The number of ether oxygens (including phenoxy) is 1. The number of rotatable bonds is 4. The molecule has 1 rings (SSSR count). The number of nitrogens with zero attached hydrogens (tertiary/aromatic N) is 1. The van der Waals surface area contributed by atoms with Crippen LogP contribution in [0.15, 0.2) is 0 Å². The van der Waals surface area contributed by atoms with Crippen molar-refractivity contribution in [1.29, 1.82) is 0 Å². The van der Waals surface area contributed by atoms with Gasteiger partial charge >= 0.3 is 0 Å². The average molecular weight is 213 g/mol. The Hall–Kier alpha value is -0.410. The number of hydrogen-bond acceptors (Lipinski definition) is 3. The SMILES string of the molecule is CC(=O)C(C)(C)C(C)CN1CCOCC1. The molecular weight excluding hydrogens is 190 g/mol. The van der Waals surface area contributed by atoms with E-state index >= 15 is 0 Å². The van der Waals surface area contributed by atoms with Crippen LogP contribution in [-0.2, 0) is 9.53 Å². The quantitative estimate of drug-likeness (QED) is 0.710. The largest absolute Gasteiger partial charge is 0.379 e. The molecule has 1 heterocycles. The molecule has 0 aromatic carbocycles. The molecule has 1 aliphatic rings. The van der Waals surface area contributed by atoms with Crippen LogP contribution in [-0.4, -0.2) is 43.5 Å². The topological polar surface area (TPSA) is 29.5 Å². The van der Waals surface area contributed by atoms with E-state index in [2.05, 4.69) is 11.8 Å². The molecule has 1 unspecified atom stereocenters. The van der Waals surface area contributed by atoms with E-state index in [1.807, 2.05) is 13.8 Å². The van der Waals surface area contributed by atoms with Gasteiger partial charge in [0.1, 0.15) is 5.78 Å². The molecule has 1 atom stereocenters. The van der Waals surface area contributed by atoms with E-state index in [0.717, 1.165) is 32.8 Å². The first kappa shape index (κ1) is 12.7. The maximum atomic E-state index is 11.5. The number of carbonyl (C=O) groups excluding carboxylic acids is 1. The summed E-state index contributed by atoms with van der Waals surface area (Å²) in [5.74, 6) is 0.677. The zero-order valence-electron chi connectivity index (χ0n) is 10.4. The van der Waals surface area contributed by atoms with E-state index in [1.54, 1.807) is 6.92 Å². The number of ketones is 1. The molecule has 0 aromatic rings. The zero-order chi connectivity index (χ0) is 11.5. The van der Waals surface area contributed by atoms with Gasteiger partial charge in [0.2, 0.25) is 0 Å². The Morgan fingerprint density at radius 3 is 2.40 bits per heavy atom. The van der Waals surface area contributed by atoms with E-state index in [-0.39, 0.29) is 11.2 Å². The maximum Gasteiger partial charge on any atom is 0.135 e. The Morgan fingerprint density at radius 1 is 1.40 bits per heavy atom. The third kappa shape index (κ3) is 3.28. The highest BCUT2D eigenvalue weighted by molar-refractivity contribution is 5.81. The predicted octanol–water partition coefficient (Wildman–Crippen LogP) is 1.57. The maximum absolute atomic E-state index is 11.5.